The van der Waals surface area contributed by atoms with E-state index in [-0.39, 0.29) is 10.7 Å². The van der Waals surface area contributed by atoms with Crippen molar-refractivity contribution >= 4 is 17.7 Å². The van der Waals surface area contributed by atoms with Crippen molar-refractivity contribution < 1.29 is 4.79 Å². The quantitative estimate of drug-likeness (QED) is 0.773. The first-order valence-electron chi connectivity index (χ1n) is 4.24. The summed E-state index contributed by atoms with van der Waals surface area (Å²) in [6.45, 7) is 4.75. The lowest BCUT2D eigenvalue weighted by molar-refractivity contribution is 0.0946. The molecular weight excluding hydrogens is 200 g/mol. The van der Waals surface area contributed by atoms with Crippen LogP contribution in [-0.4, -0.2) is 38.9 Å². The van der Waals surface area contributed by atoms with Gasteiger partial charge in [-0.25, -0.2) is 0 Å². The molecule has 1 heterocycles. The lowest BCUT2D eigenvalue weighted by atomic mass is 10.2. The molecule has 1 rings (SSSR count). The average Bonchev–Trinajstić information content (AvgIpc) is 2.67. The molecule has 6 heteroatoms. The third-order valence-electron chi connectivity index (χ3n) is 1.87. The largest absolute Gasteiger partial charge is 0.349 e. The highest BCUT2D eigenvalue weighted by Gasteiger charge is 2.18. The van der Waals surface area contributed by atoms with E-state index in [0.29, 0.717) is 12.2 Å². The molecule has 0 aliphatic heterocycles. The van der Waals surface area contributed by atoms with Gasteiger partial charge in [-0.15, -0.1) is 0 Å². The molecule has 0 radical (unpaired) electrons. The van der Waals surface area contributed by atoms with E-state index in [1.165, 1.54) is 6.20 Å². The summed E-state index contributed by atoms with van der Waals surface area (Å²) >= 11 is 1.71. The first-order valence-corrected chi connectivity index (χ1v) is 5.47. The number of nitrogens with one attached hydrogen (secondary N) is 2. The van der Waals surface area contributed by atoms with Crippen molar-refractivity contribution in [3.05, 3.63) is 11.9 Å². The molecule has 0 bridgehead atoms. The first-order chi connectivity index (χ1) is 6.55. The molecule has 78 valence electrons. The molecule has 1 amide bonds. The topological polar surface area (TPSA) is 70.7 Å². The third kappa shape index (κ3) is 3.02. The van der Waals surface area contributed by atoms with Gasteiger partial charge in [-0.1, -0.05) is 0 Å². The van der Waals surface area contributed by atoms with Crippen LogP contribution in [0.15, 0.2) is 6.20 Å². The molecule has 0 saturated carbocycles. The Hall–Kier alpha value is -1.04. The number of rotatable bonds is 4. The molecule has 5 nitrogen and oxygen atoms in total. The van der Waals surface area contributed by atoms with E-state index in [4.69, 9.17) is 0 Å². The predicted molar refractivity (Wildman–Crippen MR) is 56.3 cm³/mol. The SMILES string of the molecule is CSC(C)(C)CNC(=O)c1cn[nH]n1. The van der Waals surface area contributed by atoms with Crippen molar-refractivity contribution in [2.75, 3.05) is 12.8 Å². The molecule has 14 heavy (non-hydrogen) atoms. The summed E-state index contributed by atoms with van der Waals surface area (Å²) in [5, 5.41) is 12.4. The Morgan fingerprint density at radius 3 is 2.93 bits per heavy atom. The van der Waals surface area contributed by atoms with Crippen LogP contribution in [0.3, 0.4) is 0 Å². The van der Waals surface area contributed by atoms with Gasteiger partial charge in [-0.2, -0.15) is 27.2 Å². The number of H-pyrrole nitrogens is 1. The molecule has 0 atom stereocenters. The van der Waals surface area contributed by atoms with Gasteiger partial charge < -0.3 is 5.32 Å². The maximum atomic E-state index is 11.4. The number of hydrogen-bond acceptors (Lipinski definition) is 4. The van der Waals surface area contributed by atoms with Gasteiger partial charge in [0.2, 0.25) is 0 Å². The Balaban J connectivity index is 2.43. The van der Waals surface area contributed by atoms with E-state index < -0.39 is 0 Å². The van der Waals surface area contributed by atoms with E-state index in [1.807, 2.05) is 6.26 Å². The minimum absolute atomic E-state index is 0.0411. The smallest absolute Gasteiger partial charge is 0.273 e. The highest BCUT2D eigenvalue weighted by Crippen LogP contribution is 2.19. The maximum Gasteiger partial charge on any atom is 0.273 e. The Morgan fingerprint density at radius 2 is 2.43 bits per heavy atom. The fourth-order valence-electron chi connectivity index (χ4n) is 0.767. The van der Waals surface area contributed by atoms with Crippen molar-refractivity contribution in [3.63, 3.8) is 0 Å². The van der Waals surface area contributed by atoms with Crippen molar-refractivity contribution in [2.45, 2.75) is 18.6 Å². The number of amides is 1. The zero-order chi connectivity index (χ0) is 10.6. The van der Waals surface area contributed by atoms with E-state index in [9.17, 15) is 4.79 Å². The van der Waals surface area contributed by atoms with E-state index in [2.05, 4.69) is 34.6 Å². The number of carbonyl (C=O) groups is 1. The summed E-state index contributed by atoms with van der Waals surface area (Å²) in [6.07, 6.45) is 3.42. The predicted octanol–water partition coefficient (Wildman–Crippen LogP) is 0.676. The van der Waals surface area contributed by atoms with Gasteiger partial charge in [0.1, 0.15) is 0 Å². The van der Waals surface area contributed by atoms with Crippen molar-refractivity contribution in [1.29, 1.82) is 0 Å². The summed E-state index contributed by atoms with van der Waals surface area (Å²) in [5.74, 6) is -0.194. The molecule has 1 aromatic heterocycles. The molecule has 0 aliphatic rings. The standard InChI is InChI=1S/C8H14N4OS/c1-8(2,14-3)5-9-7(13)6-4-10-12-11-6/h4H,5H2,1-3H3,(H,9,13)(H,10,11,12). The number of nitrogens with zero attached hydrogens (tertiary/aromatic N) is 2. The molecule has 0 saturated heterocycles. The van der Waals surface area contributed by atoms with Crippen molar-refractivity contribution in [3.8, 4) is 0 Å². The number of hydrogen-bond donors (Lipinski definition) is 2. The molecular formula is C8H14N4OS. The molecule has 0 fully saturated rings. The van der Waals surface area contributed by atoms with Gasteiger partial charge in [0.25, 0.3) is 5.91 Å². The van der Waals surface area contributed by atoms with Crippen LogP contribution in [0.1, 0.15) is 24.3 Å². The number of aromatic nitrogens is 3. The van der Waals surface area contributed by atoms with Gasteiger partial charge in [0.15, 0.2) is 5.69 Å². The fraction of sp³-hybridized carbons (Fsp3) is 0.625. The lowest BCUT2D eigenvalue weighted by Gasteiger charge is -2.21. The molecule has 2 N–H and O–H groups in total. The van der Waals surface area contributed by atoms with Gasteiger partial charge in [0, 0.05) is 11.3 Å². The Morgan fingerprint density at radius 1 is 1.71 bits per heavy atom. The fourth-order valence-corrected chi connectivity index (χ4v) is 0.983. The minimum Gasteiger partial charge on any atom is -0.349 e. The molecule has 1 aromatic rings. The Labute approximate surface area is 87.0 Å². The summed E-state index contributed by atoms with van der Waals surface area (Å²) in [5.41, 5.74) is 0.321. The minimum atomic E-state index is -0.194. The number of carbonyl (C=O) groups excluding carboxylic acids is 1. The van der Waals surface area contributed by atoms with Crippen molar-refractivity contribution in [2.24, 2.45) is 0 Å². The Bertz CT molecular complexity index is 296. The molecule has 0 aliphatic carbocycles. The van der Waals surface area contributed by atoms with Crippen LogP contribution in [0.25, 0.3) is 0 Å². The van der Waals surface area contributed by atoms with Crippen LogP contribution >= 0.6 is 11.8 Å². The van der Waals surface area contributed by atoms with Gasteiger partial charge >= 0.3 is 0 Å². The van der Waals surface area contributed by atoms with Crippen LogP contribution < -0.4 is 5.32 Å². The zero-order valence-electron chi connectivity index (χ0n) is 8.50. The second-order valence-electron chi connectivity index (χ2n) is 3.50. The van der Waals surface area contributed by atoms with Crippen LogP contribution in [0.5, 0.6) is 0 Å². The van der Waals surface area contributed by atoms with Crippen molar-refractivity contribution in [1.82, 2.24) is 20.7 Å². The summed E-state index contributed by atoms with van der Waals surface area (Å²) in [4.78, 5) is 11.4. The molecule has 0 unspecified atom stereocenters. The van der Waals surface area contributed by atoms with E-state index in [0.717, 1.165) is 0 Å². The zero-order valence-corrected chi connectivity index (χ0v) is 9.31. The highest BCUT2D eigenvalue weighted by molar-refractivity contribution is 7.99. The monoisotopic (exact) mass is 214 g/mol. The third-order valence-corrected chi connectivity index (χ3v) is 3.12. The number of thioether (sulfide) groups is 1. The van der Waals surface area contributed by atoms with Crippen LogP contribution in [0, 0.1) is 0 Å². The maximum absolute atomic E-state index is 11.4. The van der Waals surface area contributed by atoms with E-state index in [1.54, 1.807) is 11.8 Å². The van der Waals surface area contributed by atoms with Crippen LogP contribution in [0.4, 0.5) is 0 Å². The van der Waals surface area contributed by atoms with E-state index >= 15 is 0 Å². The summed E-state index contributed by atoms with van der Waals surface area (Å²) in [6, 6.07) is 0. The average molecular weight is 214 g/mol. The second-order valence-corrected chi connectivity index (χ2v) is 5.02. The molecule has 0 spiro atoms. The normalized spacial score (nSPS) is 11.4. The van der Waals surface area contributed by atoms with Gasteiger partial charge in [0.05, 0.1) is 6.20 Å². The highest BCUT2D eigenvalue weighted by atomic mass is 32.2. The molecule has 0 aromatic carbocycles. The second kappa shape index (κ2) is 4.45. The first kappa shape index (κ1) is 11.0. The number of aromatic amines is 1. The van der Waals surface area contributed by atoms with Crippen LogP contribution in [-0.2, 0) is 0 Å². The summed E-state index contributed by atoms with van der Waals surface area (Å²) < 4.78 is 0.0411. The Kier molecular flexibility index (Phi) is 3.51. The lowest BCUT2D eigenvalue weighted by Crippen LogP contribution is -2.36. The van der Waals surface area contributed by atoms with Gasteiger partial charge in [-0.05, 0) is 20.1 Å². The van der Waals surface area contributed by atoms with Gasteiger partial charge in [-0.3, -0.25) is 4.79 Å². The van der Waals surface area contributed by atoms with Crippen LogP contribution in [0.2, 0.25) is 0 Å². The summed E-state index contributed by atoms with van der Waals surface area (Å²) in [7, 11) is 0.